The number of aliphatic hydroxyl groups is 1. The second kappa shape index (κ2) is 6.29. The van der Waals surface area contributed by atoms with Crippen LogP contribution >= 0.6 is 11.6 Å². The average molecular weight is 296 g/mol. The minimum atomic E-state index is -0.147. The van der Waals surface area contributed by atoms with E-state index in [0.717, 1.165) is 10.9 Å². The Balaban J connectivity index is 2.36. The summed E-state index contributed by atoms with van der Waals surface area (Å²) in [5.41, 5.74) is 1.46. The summed E-state index contributed by atoms with van der Waals surface area (Å²) in [6.07, 6.45) is 0.560. The summed E-state index contributed by atoms with van der Waals surface area (Å²) in [5, 5.41) is 10.4. The number of halogens is 1. The number of aliphatic hydroxyl groups excluding tert-OH is 1. The van der Waals surface area contributed by atoms with Gasteiger partial charge in [0.1, 0.15) is 5.58 Å². The lowest BCUT2D eigenvalue weighted by atomic mass is 10.1. The largest absolute Gasteiger partial charge is 0.451 e. The molecule has 1 N–H and O–H groups in total. The number of carbonyl (C=O) groups is 1. The fourth-order valence-corrected chi connectivity index (χ4v) is 2.38. The number of nitrogens with zero attached hydrogens (tertiary/aromatic N) is 1. The maximum Gasteiger partial charge on any atom is 0.289 e. The molecular weight excluding hydrogens is 278 g/mol. The van der Waals surface area contributed by atoms with Gasteiger partial charge in [-0.3, -0.25) is 4.79 Å². The molecule has 0 aliphatic heterocycles. The zero-order valence-corrected chi connectivity index (χ0v) is 12.4. The predicted molar refractivity (Wildman–Crippen MR) is 79.2 cm³/mol. The van der Waals surface area contributed by atoms with E-state index in [0.29, 0.717) is 35.9 Å². The van der Waals surface area contributed by atoms with E-state index in [-0.39, 0.29) is 12.5 Å². The normalized spacial score (nSPS) is 11.0. The maximum absolute atomic E-state index is 12.5. The van der Waals surface area contributed by atoms with Crippen molar-refractivity contribution in [3.05, 3.63) is 34.5 Å². The van der Waals surface area contributed by atoms with Crippen LogP contribution < -0.4 is 0 Å². The fraction of sp³-hybridized carbons (Fsp3) is 0.400. The minimum Gasteiger partial charge on any atom is -0.451 e. The lowest BCUT2D eigenvalue weighted by Gasteiger charge is -2.19. The van der Waals surface area contributed by atoms with Gasteiger partial charge in [0.05, 0.1) is 0 Å². The first kappa shape index (κ1) is 14.9. The van der Waals surface area contributed by atoms with Gasteiger partial charge in [-0.15, -0.1) is 0 Å². The summed E-state index contributed by atoms with van der Waals surface area (Å²) in [6, 6.07) is 5.31. The molecule has 0 saturated heterocycles. The predicted octanol–water partition coefficient (Wildman–Crippen LogP) is 3.24. The Morgan fingerprint density at radius 1 is 1.45 bits per heavy atom. The van der Waals surface area contributed by atoms with Crippen LogP contribution in [0.2, 0.25) is 5.02 Å². The Labute approximate surface area is 122 Å². The molecule has 0 unspecified atom stereocenters. The van der Waals surface area contributed by atoms with E-state index >= 15 is 0 Å². The van der Waals surface area contributed by atoms with E-state index in [4.69, 9.17) is 21.1 Å². The number of carbonyl (C=O) groups excluding carboxylic acids is 1. The van der Waals surface area contributed by atoms with Crippen LogP contribution in [0.1, 0.15) is 29.5 Å². The molecule has 1 amide bonds. The minimum absolute atomic E-state index is 0.0680. The first-order valence-corrected chi connectivity index (χ1v) is 7.05. The molecule has 4 nitrogen and oxygen atoms in total. The zero-order valence-electron chi connectivity index (χ0n) is 11.6. The second-order valence-corrected chi connectivity index (χ2v) is 5.10. The van der Waals surface area contributed by atoms with E-state index in [9.17, 15) is 4.79 Å². The summed E-state index contributed by atoms with van der Waals surface area (Å²) in [7, 11) is 0. The number of hydrogen-bond acceptors (Lipinski definition) is 3. The van der Waals surface area contributed by atoms with Crippen molar-refractivity contribution in [1.29, 1.82) is 0 Å². The van der Waals surface area contributed by atoms with Gasteiger partial charge in [0.25, 0.3) is 5.91 Å². The lowest BCUT2D eigenvalue weighted by Crippen LogP contribution is -2.32. The molecule has 1 aromatic heterocycles. The molecule has 2 aromatic rings. The highest BCUT2D eigenvalue weighted by atomic mass is 35.5. The first-order valence-electron chi connectivity index (χ1n) is 6.67. The Bertz CT molecular complexity index is 621. The quantitative estimate of drug-likeness (QED) is 0.921. The summed E-state index contributed by atoms with van der Waals surface area (Å²) < 4.78 is 5.67. The van der Waals surface area contributed by atoms with Crippen molar-refractivity contribution in [3.8, 4) is 0 Å². The zero-order chi connectivity index (χ0) is 14.7. The third kappa shape index (κ3) is 2.81. The van der Waals surface area contributed by atoms with Crippen LogP contribution in [-0.4, -0.2) is 35.6 Å². The Kier molecular flexibility index (Phi) is 4.68. The van der Waals surface area contributed by atoms with Crippen LogP contribution in [0.15, 0.2) is 22.6 Å². The molecule has 1 heterocycles. The van der Waals surface area contributed by atoms with Crippen molar-refractivity contribution >= 4 is 28.5 Å². The third-order valence-corrected chi connectivity index (χ3v) is 3.58. The average Bonchev–Trinajstić information content (AvgIpc) is 2.76. The Morgan fingerprint density at radius 2 is 2.20 bits per heavy atom. The molecule has 0 spiro atoms. The van der Waals surface area contributed by atoms with Crippen molar-refractivity contribution in [2.45, 2.75) is 20.3 Å². The topological polar surface area (TPSA) is 53.7 Å². The fourth-order valence-electron chi connectivity index (χ4n) is 2.21. The van der Waals surface area contributed by atoms with E-state index < -0.39 is 0 Å². The monoisotopic (exact) mass is 295 g/mol. The van der Waals surface area contributed by atoms with Crippen LogP contribution in [0.3, 0.4) is 0 Å². The van der Waals surface area contributed by atoms with Crippen molar-refractivity contribution in [1.82, 2.24) is 4.90 Å². The van der Waals surface area contributed by atoms with Gasteiger partial charge in [-0.05, 0) is 38.5 Å². The molecule has 0 atom stereocenters. The number of hydrogen-bond donors (Lipinski definition) is 1. The molecule has 0 radical (unpaired) electrons. The SMILES string of the molecule is CCN(CCCO)C(=O)c1oc2ccc(Cl)cc2c1C. The summed E-state index contributed by atoms with van der Waals surface area (Å²) in [4.78, 5) is 14.1. The molecule has 2 rings (SSSR count). The van der Waals surface area contributed by atoms with E-state index in [1.807, 2.05) is 13.8 Å². The van der Waals surface area contributed by atoms with Crippen molar-refractivity contribution in [3.63, 3.8) is 0 Å². The van der Waals surface area contributed by atoms with Crippen LogP contribution in [-0.2, 0) is 0 Å². The van der Waals surface area contributed by atoms with Gasteiger partial charge in [0.15, 0.2) is 5.76 Å². The van der Waals surface area contributed by atoms with Crippen LogP contribution in [0, 0.1) is 6.92 Å². The first-order chi connectivity index (χ1) is 9.58. The van der Waals surface area contributed by atoms with Gasteiger partial charge in [-0.25, -0.2) is 0 Å². The highest BCUT2D eigenvalue weighted by Crippen LogP contribution is 2.28. The second-order valence-electron chi connectivity index (χ2n) is 4.66. The highest BCUT2D eigenvalue weighted by Gasteiger charge is 2.22. The lowest BCUT2D eigenvalue weighted by molar-refractivity contribution is 0.0723. The van der Waals surface area contributed by atoms with Crippen molar-refractivity contribution in [2.75, 3.05) is 19.7 Å². The van der Waals surface area contributed by atoms with Gasteiger partial charge in [0.2, 0.25) is 0 Å². The Morgan fingerprint density at radius 3 is 2.85 bits per heavy atom. The molecule has 5 heteroatoms. The molecule has 20 heavy (non-hydrogen) atoms. The Hall–Kier alpha value is -1.52. The molecule has 1 aromatic carbocycles. The number of furan rings is 1. The number of aryl methyl sites for hydroxylation is 1. The summed E-state index contributed by atoms with van der Waals surface area (Å²) >= 11 is 5.97. The van der Waals surface area contributed by atoms with Gasteiger partial charge >= 0.3 is 0 Å². The molecule has 0 aliphatic carbocycles. The molecule has 0 aliphatic rings. The van der Waals surface area contributed by atoms with E-state index in [2.05, 4.69) is 0 Å². The van der Waals surface area contributed by atoms with Crippen molar-refractivity contribution in [2.24, 2.45) is 0 Å². The third-order valence-electron chi connectivity index (χ3n) is 3.35. The molecule has 0 bridgehead atoms. The van der Waals surface area contributed by atoms with Crippen molar-refractivity contribution < 1.29 is 14.3 Å². The number of rotatable bonds is 5. The van der Waals surface area contributed by atoms with Gasteiger partial charge in [-0.1, -0.05) is 11.6 Å². The van der Waals surface area contributed by atoms with Crippen LogP contribution in [0.5, 0.6) is 0 Å². The van der Waals surface area contributed by atoms with Gasteiger partial charge < -0.3 is 14.4 Å². The van der Waals surface area contributed by atoms with Crippen LogP contribution in [0.25, 0.3) is 11.0 Å². The standard InChI is InChI=1S/C15H18ClNO3/c1-3-17(7-4-8-18)15(19)14-10(2)12-9-11(16)5-6-13(12)20-14/h5-6,9,18H,3-4,7-8H2,1-2H3. The number of amides is 1. The smallest absolute Gasteiger partial charge is 0.289 e. The van der Waals surface area contributed by atoms with Gasteiger partial charge in [0, 0.05) is 35.7 Å². The number of fused-ring (bicyclic) bond motifs is 1. The maximum atomic E-state index is 12.5. The molecule has 0 saturated carbocycles. The van der Waals surface area contributed by atoms with E-state index in [1.165, 1.54) is 0 Å². The molecular formula is C15H18ClNO3. The van der Waals surface area contributed by atoms with Crippen LogP contribution in [0.4, 0.5) is 0 Å². The molecule has 108 valence electrons. The van der Waals surface area contributed by atoms with E-state index in [1.54, 1.807) is 23.1 Å². The number of benzene rings is 1. The summed E-state index contributed by atoms with van der Waals surface area (Å²) in [6.45, 7) is 4.93. The molecule has 0 fully saturated rings. The highest BCUT2D eigenvalue weighted by molar-refractivity contribution is 6.31. The summed E-state index contributed by atoms with van der Waals surface area (Å²) in [5.74, 6) is 0.202. The van der Waals surface area contributed by atoms with Gasteiger partial charge in [-0.2, -0.15) is 0 Å².